The SMILES string of the molecule is CC(C)Cc1cccc(-c2cc3c(cc2F)[C@H](OC(N)=O)C(C)(C)CC3)c1. The number of rotatable bonds is 4. The van der Waals surface area contributed by atoms with E-state index >= 15 is 4.39 Å². The average molecular weight is 369 g/mol. The average Bonchev–Trinajstić information content (AvgIpc) is 2.57. The predicted octanol–water partition coefficient (Wildman–Crippen LogP) is 5.80. The van der Waals surface area contributed by atoms with E-state index in [-0.39, 0.29) is 11.2 Å². The summed E-state index contributed by atoms with van der Waals surface area (Å²) in [6.07, 6.45) is 1.26. The molecule has 2 N–H and O–H groups in total. The highest BCUT2D eigenvalue weighted by atomic mass is 19.1. The summed E-state index contributed by atoms with van der Waals surface area (Å²) in [5.41, 5.74) is 9.40. The molecule has 2 aromatic rings. The van der Waals surface area contributed by atoms with Crippen LogP contribution in [0.15, 0.2) is 36.4 Å². The van der Waals surface area contributed by atoms with E-state index in [0.29, 0.717) is 11.5 Å². The molecule has 2 aromatic carbocycles. The molecule has 0 unspecified atom stereocenters. The highest BCUT2D eigenvalue weighted by Crippen LogP contribution is 2.47. The Bertz CT molecular complexity index is 857. The van der Waals surface area contributed by atoms with Crippen LogP contribution in [-0.4, -0.2) is 6.09 Å². The van der Waals surface area contributed by atoms with E-state index in [2.05, 4.69) is 26.0 Å². The summed E-state index contributed by atoms with van der Waals surface area (Å²) in [7, 11) is 0. The first kappa shape index (κ1) is 19.4. The Morgan fingerprint density at radius 3 is 2.70 bits per heavy atom. The van der Waals surface area contributed by atoms with Crippen molar-refractivity contribution < 1.29 is 13.9 Å². The first-order chi connectivity index (χ1) is 12.7. The minimum Gasteiger partial charge on any atom is -0.441 e. The fourth-order valence-corrected chi connectivity index (χ4v) is 4.00. The van der Waals surface area contributed by atoms with Crippen LogP contribution in [0, 0.1) is 17.2 Å². The van der Waals surface area contributed by atoms with Crippen LogP contribution in [0.2, 0.25) is 0 Å². The van der Waals surface area contributed by atoms with Gasteiger partial charge >= 0.3 is 6.09 Å². The first-order valence-electron chi connectivity index (χ1n) is 9.55. The quantitative estimate of drug-likeness (QED) is 0.740. The topological polar surface area (TPSA) is 52.3 Å². The molecule has 0 spiro atoms. The van der Waals surface area contributed by atoms with E-state index in [1.54, 1.807) is 0 Å². The van der Waals surface area contributed by atoms with Gasteiger partial charge in [-0.05, 0) is 59.6 Å². The zero-order valence-electron chi connectivity index (χ0n) is 16.5. The van der Waals surface area contributed by atoms with Crippen LogP contribution in [0.3, 0.4) is 0 Å². The summed E-state index contributed by atoms with van der Waals surface area (Å²) in [5, 5.41) is 0. The molecule has 0 aliphatic heterocycles. The Balaban J connectivity index is 2.03. The number of benzene rings is 2. The fourth-order valence-electron chi connectivity index (χ4n) is 4.00. The van der Waals surface area contributed by atoms with Crippen LogP contribution < -0.4 is 5.73 Å². The molecule has 27 heavy (non-hydrogen) atoms. The van der Waals surface area contributed by atoms with Crippen molar-refractivity contribution in [3.05, 3.63) is 58.9 Å². The number of hydrogen-bond donors (Lipinski definition) is 1. The van der Waals surface area contributed by atoms with E-state index < -0.39 is 12.2 Å². The lowest BCUT2D eigenvalue weighted by Gasteiger charge is -2.39. The minimum absolute atomic E-state index is 0.285. The summed E-state index contributed by atoms with van der Waals surface area (Å²) in [6.45, 7) is 8.38. The van der Waals surface area contributed by atoms with Gasteiger partial charge in [0.1, 0.15) is 11.9 Å². The van der Waals surface area contributed by atoms with Crippen molar-refractivity contribution in [3.8, 4) is 11.1 Å². The van der Waals surface area contributed by atoms with Crippen molar-refractivity contribution in [3.63, 3.8) is 0 Å². The number of halogens is 1. The number of carbonyl (C=O) groups is 1. The highest BCUT2D eigenvalue weighted by Gasteiger charge is 2.39. The lowest BCUT2D eigenvalue weighted by atomic mass is 9.71. The molecule has 3 rings (SSSR count). The maximum absolute atomic E-state index is 15.0. The summed E-state index contributed by atoms with van der Waals surface area (Å²) < 4.78 is 20.4. The highest BCUT2D eigenvalue weighted by molar-refractivity contribution is 5.68. The van der Waals surface area contributed by atoms with Crippen LogP contribution in [-0.2, 0) is 17.6 Å². The molecule has 0 saturated carbocycles. The Hall–Kier alpha value is -2.36. The maximum atomic E-state index is 15.0. The maximum Gasteiger partial charge on any atom is 0.405 e. The summed E-state index contributed by atoms with van der Waals surface area (Å²) in [5.74, 6) is 0.244. The molecule has 0 aromatic heterocycles. The van der Waals surface area contributed by atoms with Crippen molar-refractivity contribution in [1.82, 2.24) is 0 Å². The fraction of sp³-hybridized carbons (Fsp3) is 0.435. The van der Waals surface area contributed by atoms with Crippen molar-refractivity contribution in [2.45, 2.75) is 53.1 Å². The van der Waals surface area contributed by atoms with Crippen molar-refractivity contribution in [2.75, 3.05) is 0 Å². The largest absolute Gasteiger partial charge is 0.441 e. The van der Waals surface area contributed by atoms with Gasteiger partial charge in [0.2, 0.25) is 0 Å². The van der Waals surface area contributed by atoms with E-state index in [1.807, 2.05) is 32.0 Å². The Kier molecular flexibility index (Phi) is 5.27. The van der Waals surface area contributed by atoms with E-state index in [4.69, 9.17) is 10.5 Å². The molecule has 0 saturated heterocycles. The second-order valence-electron chi connectivity index (χ2n) is 8.63. The molecule has 1 aliphatic carbocycles. The van der Waals surface area contributed by atoms with Gasteiger partial charge in [0.15, 0.2) is 0 Å². The van der Waals surface area contributed by atoms with Crippen molar-refractivity contribution in [2.24, 2.45) is 17.1 Å². The molecular weight excluding hydrogens is 341 g/mol. The van der Waals surface area contributed by atoms with Crippen LogP contribution in [0.4, 0.5) is 9.18 Å². The lowest BCUT2D eigenvalue weighted by molar-refractivity contribution is 0.0145. The Labute approximate surface area is 160 Å². The molecule has 0 heterocycles. The van der Waals surface area contributed by atoms with Gasteiger partial charge in [-0.3, -0.25) is 0 Å². The smallest absolute Gasteiger partial charge is 0.405 e. The molecule has 1 aliphatic rings. The minimum atomic E-state index is -0.827. The van der Waals surface area contributed by atoms with Gasteiger partial charge in [-0.15, -0.1) is 0 Å². The van der Waals surface area contributed by atoms with Gasteiger partial charge in [0.05, 0.1) is 0 Å². The third-order valence-electron chi connectivity index (χ3n) is 5.38. The molecule has 144 valence electrons. The second kappa shape index (κ2) is 7.34. The molecule has 4 heteroatoms. The number of nitrogens with two attached hydrogens (primary N) is 1. The zero-order chi connectivity index (χ0) is 19.8. The Morgan fingerprint density at radius 2 is 2.04 bits per heavy atom. The second-order valence-corrected chi connectivity index (χ2v) is 8.63. The molecule has 0 fully saturated rings. The molecule has 1 amide bonds. The van der Waals surface area contributed by atoms with E-state index in [1.165, 1.54) is 11.6 Å². The van der Waals surface area contributed by atoms with Crippen LogP contribution in [0.25, 0.3) is 11.1 Å². The van der Waals surface area contributed by atoms with Gasteiger partial charge in [-0.1, -0.05) is 52.0 Å². The number of ether oxygens (including phenoxy) is 1. The first-order valence-corrected chi connectivity index (χ1v) is 9.55. The van der Waals surface area contributed by atoms with Gasteiger partial charge < -0.3 is 10.5 Å². The molecule has 3 nitrogen and oxygen atoms in total. The van der Waals surface area contributed by atoms with Gasteiger partial charge in [-0.25, -0.2) is 9.18 Å². The molecule has 1 atom stereocenters. The van der Waals surface area contributed by atoms with Crippen molar-refractivity contribution in [1.29, 1.82) is 0 Å². The standard InChI is InChI=1S/C23H28FNO2/c1-14(2)10-15-6-5-7-16(11-15)18-12-17-8-9-23(3,4)21(27-22(25)26)19(17)13-20(18)24/h5-7,11-14,21H,8-10H2,1-4H3,(H2,25,26)/t21-/m0/s1. The lowest BCUT2D eigenvalue weighted by Crippen LogP contribution is -2.33. The van der Waals surface area contributed by atoms with Gasteiger partial charge in [0.25, 0.3) is 0 Å². The summed E-state index contributed by atoms with van der Waals surface area (Å²) in [6, 6.07) is 11.5. The number of carbonyl (C=O) groups excluding carboxylic acids is 1. The molecule has 0 radical (unpaired) electrons. The van der Waals surface area contributed by atoms with Crippen molar-refractivity contribution >= 4 is 6.09 Å². The summed E-state index contributed by atoms with van der Waals surface area (Å²) >= 11 is 0. The number of fused-ring (bicyclic) bond motifs is 1. The monoisotopic (exact) mass is 369 g/mol. The molecule has 0 bridgehead atoms. The molecular formula is C23H28FNO2. The normalized spacial score (nSPS) is 18.2. The number of hydrogen-bond acceptors (Lipinski definition) is 2. The van der Waals surface area contributed by atoms with E-state index in [0.717, 1.165) is 36.0 Å². The van der Waals surface area contributed by atoms with Crippen LogP contribution in [0.5, 0.6) is 0 Å². The zero-order valence-corrected chi connectivity index (χ0v) is 16.5. The third kappa shape index (κ3) is 4.15. The van der Waals surface area contributed by atoms with E-state index in [9.17, 15) is 4.79 Å². The number of primary amides is 1. The van der Waals surface area contributed by atoms with Crippen LogP contribution >= 0.6 is 0 Å². The Morgan fingerprint density at radius 1 is 1.30 bits per heavy atom. The van der Waals surface area contributed by atoms with Gasteiger partial charge in [0, 0.05) is 11.0 Å². The number of amides is 1. The predicted molar refractivity (Wildman–Crippen MR) is 106 cm³/mol. The number of aryl methyl sites for hydroxylation is 1. The third-order valence-corrected chi connectivity index (χ3v) is 5.38. The van der Waals surface area contributed by atoms with Gasteiger partial charge in [-0.2, -0.15) is 0 Å². The van der Waals surface area contributed by atoms with Crippen LogP contribution in [0.1, 0.15) is 56.9 Å². The summed E-state index contributed by atoms with van der Waals surface area (Å²) in [4.78, 5) is 11.4.